The van der Waals surface area contributed by atoms with Crippen molar-refractivity contribution in [2.45, 2.75) is 26.7 Å². The first kappa shape index (κ1) is 15.3. The van der Waals surface area contributed by atoms with E-state index in [9.17, 15) is 4.79 Å². The van der Waals surface area contributed by atoms with Crippen LogP contribution in [0.2, 0.25) is 0 Å². The van der Waals surface area contributed by atoms with Gasteiger partial charge in [0.05, 0.1) is 6.54 Å². The van der Waals surface area contributed by atoms with Crippen molar-refractivity contribution in [3.05, 3.63) is 27.8 Å². The molecule has 1 aromatic carbocycles. The summed E-state index contributed by atoms with van der Waals surface area (Å²) in [5, 5.41) is 3.17. The Labute approximate surface area is 123 Å². The molecule has 4 heteroatoms. The van der Waals surface area contributed by atoms with Gasteiger partial charge in [0.1, 0.15) is 0 Å². The van der Waals surface area contributed by atoms with Crippen LogP contribution in [0.15, 0.2) is 24.3 Å². The standard InChI is InChI=1S/C14H21IN2O/c1-3-9-17(10-4-2)14(18)11-16-13-7-5-12(15)6-8-13/h5-8,16H,3-4,9-11H2,1-2H3. The molecule has 1 amide bonds. The molecular weight excluding hydrogens is 339 g/mol. The average Bonchev–Trinajstić information content (AvgIpc) is 2.37. The predicted octanol–water partition coefficient (Wildman–Crippen LogP) is 3.35. The zero-order valence-corrected chi connectivity index (χ0v) is 13.2. The number of carbonyl (C=O) groups excluding carboxylic acids is 1. The monoisotopic (exact) mass is 360 g/mol. The Bertz CT molecular complexity index is 359. The number of amides is 1. The Morgan fingerprint density at radius 2 is 1.72 bits per heavy atom. The van der Waals surface area contributed by atoms with Crippen LogP contribution in [0.25, 0.3) is 0 Å². The molecule has 1 aromatic rings. The number of hydrogen-bond donors (Lipinski definition) is 1. The largest absolute Gasteiger partial charge is 0.376 e. The van der Waals surface area contributed by atoms with Crippen molar-refractivity contribution in [2.24, 2.45) is 0 Å². The molecule has 1 rings (SSSR count). The summed E-state index contributed by atoms with van der Waals surface area (Å²) < 4.78 is 1.20. The number of hydrogen-bond acceptors (Lipinski definition) is 2. The number of carbonyl (C=O) groups is 1. The zero-order valence-electron chi connectivity index (χ0n) is 11.1. The van der Waals surface area contributed by atoms with E-state index < -0.39 is 0 Å². The van der Waals surface area contributed by atoms with E-state index in [1.807, 2.05) is 29.2 Å². The van der Waals surface area contributed by atoms with Gasteiger partial charge in [-0.05, 0) is 59.7 Å². The van der Waals surface area contributed by atoms with Crippen molar-refractivity contribution in [2.75, 3.05) is 25.0 Å². The smallest absolute Gasteiger partial charge is 0.241 e. The van der Waals surface area contributed by atoms with Crippen LogP contribution in [0.4, 0.5) is 5.69 Å². The van der Waals surface area contributed by atoms with E-state index in [0.29, 0.717) is 6.54 Å². The van der Waals surface area contributed by atoms with Crippen LogP contribution in [0, 0.1) is 3.57 Å². The van der Waals surface area contributed by atoms with Crippen LogP contribution in [0.1, 0.15) is 26.7 Å². The maximum absolute atomic E-state index is 12.0. The maximum Gasteiger partial charge on any atom is 0.241 e. The summed E-state index contributed by atoms with van der Waals surface area (Å²) in [7, 11) is 0. The second-order valence-corrected chi connectivity index (χ2v) is 5.49. The van der Waals surface area contributed by atoms with Gasteiger partial charge in [-0.3, -0.25) is 4.79 Å². The van der Waals surface area contributed by atoms with Gasteiger partial charge in [0, 0.05) is 22.3 Å². The fraction of sp³-hybridized carbons (Fsp3) is 0.500. The van der Waals surface area contributed by atoms with Gasteiger partial charge < -0.3 is 10.2 Å². The summed E-state index contributed by atoms with van der Waals surface area (Å²) in [5.74, 6) is 0.178. The first-order chi connectivity index (χ1) is 8.67. The topological polar surface area (TPSA) is 32.3 Å². The zero-order chi connectivity index (χ0) is 13.4. The van der Waals surface area contributed by atoms with Gasteiger partial charge in [-0.15, -0.1) is 0 Å². The van der Waals surface area contributed by atoms with Crippen molar-refractivity contribution in [3.8, 4) is 0 Å². The van der Waals surface area contributed by atoms with E-state index in [4.69, 9.17) is 0 Å². The van der Waals surface area contributed by atoms with Gasteiger partial charge in [-0.25, -0.2) is 0 Å². The van der Waals surface area contributed by atoms with Crippen molar-refractivity contribution in [1.82, 2.24) is 4.90 Å². The number of benzene rings is 1. The van der Waals surface area contributed by atoms with Gasteiger partial charge >= 0.3 is 0 Å². The van der Waals surface area contributed by atoms with Gasteiger partial charge in [-0.1, -0.05) is 13.8 Å². The van der Waals surface area contributed by atoms with E-state index in [0.717, 1.165) is 31.6 Å². The molecule has 3 nitrogen and oxygen atoms in total. The molecule has 0 heterocycles. The molecule has 0 aromatic heterocycles. The minimum Gasteiger partial charge on any atom is -0.376 e. The molecule has 18 heavy (non-hydrogen) atoms. The normalized spacial score (nSPS) is 10.2. The van der Waals surface area contributed by atoms with Crippen LogP contribution in [0.3, 0.4) is 0 Å². The highest BCUT2D eigenvalue weighted by molar-refractivity contribution is 14.1. The van der Waals surface area contributed by atoms with Crippen molar-refractivity contribution < 1.29 is 4.79 Å². The molecule has 0 aliphatic heterocycles. The molecule has 1 N–H and O–H groups in total. The summed E-state index contributed by atoms with van der Waals surface area (Å²) in [5.41, 5.74) is 0.997. The van der Waals surface area contributed by atoms with Crippen LogP contribution in [-0.2, 0) is 4.79 Å². The van der Waals surface area contributed by atoms with E-state index in [2.05, 4.69) is 41.8 Å². The van der Waals surface area contributed by atoms with E-state index in [1.54, 1.807) is 0 Å². The van der Waals surface area contributed by atoms with Crippen molar-refractivity contribution in [1.29, 1.82) is 0 Å². The molecule has 100 valence electrons. The fourth-order valence-corrected chi connectivity index (χ4v) is 2.12. The third-order valence-corrected chi connectivity index (χ3v) is 3.35. The molecule has 0 aliphatic rings. The predicted molar refractivity (Wildman–Crippen MR) is 84.8 cm³/mol. The van der Waals surface area contributed by atoms with Crippen LogP contribution in [-0.4, -0.2) is 30.4 Å². The summed E-state index contributed by atoms with van der Waals surface area (Å²) >= 11 is 2.27. The number of nitrogens with one attached hydrogen (secondary N) is 1. The first-order valence-electron chi connectivity index (χ1n) is 6.44. The van der Waals surface area contributed by atoms with Crippen LogP contribution < -0.4 is 5.32 Å². The van der Waals surface area contributed by atoms with Gasteiger partial charge in [0.25, 0.3) is 0 Å². The van der Waals surface area contributed by atoms with E-state index in [-0.39, 0.29) is 5.91 Å². The lowest BCUT2D eigenvalue weighted by molar-refractivity contribution is -0.129. The second-order valence-electron chi connectivity index (χ2n) is 4.24. The molecule has 0 bridgehead atoms. The Hall–Kier alpha value is -0.780. The lowest BCUT2D eigenvalue weighted by Crippen LogP contribution is -2.36. The van der Waals surface area contributed by atoms with Gasteiger partial charge in [-0.2, -0.15) is 0 Å². The van der Waals surface area contributed by atoms with Crippen LogP contribution in [0.5, 0.6) is 0 Å². The molecule has 0 saturated heterocycles. The number of anilines is 1. The quantitative estimate of drug-likeness (QED) is 0.757. The summed E-state index contributed by atoms with van der Waals surface area (Å²) in [4.78, 5) is 14.0. The van der Waals surface area contributed by atoms with Crippen molar-refractivity contribution in [3.63, 3.8) is 0 Å². The number of nitrogens with zero attached hydrogens (tertiary/aromatic N) is 1. The average molecular weight is 360 g/mol. The first-order valence-corrected chi connectivity index (χ1v) is 7.52. The van der Waals surface area contributed by atoms with Crippen LogP contribution >= 0.6 is 22.6 Å². The van der Waals surface area contributed by atoms with E-state index >= 15 is 0 Å². The molecule has 0 saturated carbocycles. The Morgan fingerprint density at radius 1 is 1.17 bits per heavy atom. The Balaban J connectivity index is 2.45. The highest BCUT2D eigenvalue weighted by Crippen LogP contribution is 2.10. The van der Waals surface area contributed by atoms with Crippen molar-refractivity contribution >= 4 is 34.2 Å². The highest BCUT2D eigenvalue weighted by atomic mass is 127. The molecule has 0 fully saturated rings. The third kappa shape index (κ3) is 5.25. The number of halogens is 1. The minimum atomic E-state index is 0.178. The highest BCUT2D eigenvalue weighted by Gasteiger charge is 2.10. The third-order valence-electron chi connectivity index (χ3n) is 2.63. The van der Waals surface area contributed by atoms with Gasteiger partial charge in [0.2, 0.25) is 5.91 Å². The second kappa shape index (κ2) is 8.34. The van der Waals surface area contributed by atoms with Gasteiger partial charge in [0.15, 0.2) is 0 Å². The molecule has 0 atom stereocenters. The molecular formula is C14H21IN2O. The minimum absolute atomic E-state index is 0.178. The molecule has 0 radical (unpaired) electrons. The fourth-order valence-electron chi connectivity index (χ4n) is 1.76. The Morgan fingerprint density at radius 3 is 2.22 bits per heavy atom. The lowest BCUT2D eigenvalue weighted by atomic mass is 10.3. The SMILES string of the molecule is CCCN(CCC)C(=O)CNc1ccc(I)cc1. The summed E-state index contributed by atoms with van der Waals surface area (Å²) in [6.45, 7) is 6.27. The molecule has 0 spiro atoms. The Kier molecular flexibility index (Phi) is 7.08. The maximum atomic E-state index is 12.0. The van der Waals surface area contributed by atoms with E-state index in [1.165, 1.54) is 3.57 Å². The summed E-state index contributed by atoms with van der Waals surface area (Å²) in [6.07, 6.45) is 2.02. The molecule has 0 aliphatic carbocycles. The lowest BCUT2D eigenvalue weighted by Gasteiger charge is -2.21. The summed E-state index contributed by atoms with van der Waals surface area (Å²) in [6, 6.07) is 8.06. The number of rotatable bonds is 7. The molecule has 0 unspecified atom stereocenters.